The van der Waals surface area contributed by atoms with E-state index < -0.39 is 18.4 Å². The summed E-state index contributed by atoms with van der Waals surface area (Å²) in [6, 6.07) is 0. The molecule has 330 valence electrons. The third-order valence-corrected chi connectivity index (χ3v) is 18.7. The van der Waals surface area contributed by atoms with Crippen molar-refractivity contribution in [1.82, 2.24) is 0 Å². The summed E-state index contributed by atoms with van der Waals surface area (Å²) in [6.45, 7) is 24.2. The predicted molar refractivity (Wildman–Crippen MR) is 237 cm³/mol. The lowest BCUT2D eigenvalue weighted by Crippen LogP contribution is -2.66. The molecule has 5 saturated carbocycles. The Kier molecular flexibility index (Phi) is 16.8. The van der Waals surface area contributed by atoms with Crippen molar-refractivity contribution in [3.05, 3.63) is 12.2 Å². The number of aliphatic hydroxyl groups is 2. The quantitative estimate of drug-likeness (QED) is 0.0466. The third kappa shape index (κ3) is 10.2. The highest BCUT2D eigenvalue weighted by molar-refractivity contribution is 5.74. The van der Waals surface area contributed by atoms with Crippen molar-refractivity contribution < 1.29 is 24.5 Å². The maximum absolute atomic E-state index is 13.3. The molecule has 0 aromatic carbocycles. The minimum absolute atomic E-state index is 0.184. The minimum atomic E-state index is -1.38. The van der Waals surface area contributed by atoms with Gasteiger partial charge in [-0.1, -0.05) is 157 Å². The number of esters is 1. The van der Waals surface area contributed by atoms with Crippen molar-refractivity contribution in [1.29, 1.82) is 0 Å². The number of aliphatic hydroxyl groups excluding tert-OH is 2. The predicted octanol–water partition coefficient (Wildman–Crippen LogP) is 13.9. The van der Waals surface area contributed by atoms with Gasteiger partial charge in [-0.3, -0.25) is 0 Å². The van der Waals surface area contributed by atoms with Crippen molar-refractivity contribution in [2.75, 3.05) is 6.61 Å². The molecule has 5 rings (SSSR count). The van der Waals surface area contributed by atoms with Gasteiger partial charge in [-0.15, -0.1) is 0 Å². The number of rotatable bonds is 23. The van der Waals surface area contributed by atoms with E-state index in [2.05, 4.69) is 62.0 Å². The molecule has 0 heterocycles. The van der Waals surface area contributed by atoms with E-state index in [-0.39, 0.29) is 23.5 Å². The molecule has 0 saturated heterocycles. The molecule has 5 nitrogen and oxygen atoms in total. The van der Waals surface area contributed by atoms with Gasteiger partial charge in [0.1, 0.15) is 6.10 Å². The molecule has 0 aliphatic heterocycles. The summed E-state index contributed by atoms with van der Waals surface area (Å²) in [5, 5.41) is 21.3. The second-order valence-corrected chi connectivity index (χ2v) is 22.5. The molecular formula is C52H92O5. The van der Waals surface area contributed by atoms with Gasteiger partial charge in [-0.05, 0) is 135 Å². The van der Waals surface area contributed by atoms with E-state index in [1.54, 1.807) is 0 Å². The Morgan fingerprint density at radius 3 is 1.82 bits per heavy atom. The van der Waals surface area contributed by atoms with Crippen LogP contribution in [-0.2, 0) is 14.3 Å². The van der Waals surface area contributed by atoms with Gasteiger partial charge in [0.2, 0.25) is 0 Å². The minimum Gasteiger partial charge on any atom is -0.460 e. The first-order valence-corrected chi connectivity index (χ1v) is 24.9. The lowest BCUT2D eigenvalue weighted by Gasteiger charge is -2.73. The number of unbranched alkanes of at least 4 members (excludes halogenated alkanes) is 15. The average Bonchev–Trinajstić information content (AvgIpc) is 3.52. The first-order valence-electron chi connectivity index (χ1n) is 24.9. The maximum Gasteiger partial charge on any atom is 0.337 e. The number of hydrogen-bond acceptors (Lipinski definition) is 5. The normalized spacial score (nSPS) is 38.0. The first kappa shape index (κ1) is 47.1. The zero-order valence-corrected chi connectivity index (χ0v) is 38.7. The average molecular weight is 797 g/mol. The van der Waals surface area contributed by atoms with Gasteiger partial charge in [0.05, 0.1) is 6.61 Å². The molecule has 0 amide bonds. The highest BCUT2D eigenvalue weighted by Gasteiger charge is 2.70. The van der Waals surface area contributed by atoms with Crippen LogP contribution in [0.2, 0.25) is 0 Å². The molecule has 5 fully saturated rings. The van der Waals surface area contributed by atoms with Crippen molar-refractivity contribution in [3.63, 3.8) is 0 Å². The number of carbonyl (C=O) groups excluding carboxylic acids is 1. The molecule has 5 aliphatic carbocycles. The Bertz CT molecular complexity index is 1280. The second kappa shape index (κ2) is 20.3. The van der Waals surface area contributed by atoms with Crippen LogP contribution in [0.4, 0.5) is 0 Å². The van der Waals surface area contributed by atoms with E-state index in [1.807, 2.05) is 0 Å². The highest BCUT2D eigenvalue weighted by Crippen LogP contribution is 2.77. The molecule has 12 atom stereocenters. The summed E-state index contributed by atoms with van der Waals surface area (Å²) in [6.07, 6.45) is 31.4. The molecule has 0 aromatic heterocycles. The third-order valence-electron chi connectivity index (χ3n) is 18.7. The fourth-order valence-corrected chi connectivity index (χ4v) is 15.1. The summed E-state index contributed by atoms with van der Waals surface area (Å²) >= 11 is 0. The number of allylic oxidation sites excluding steroid dienone is 1. The van der Waals surface area contributed by atoms with Crippen LogP contribution in [0.1, 0.15) is 229 Å². The zero-order valence-electron chi connectivity index (χ0n) is 38.7. The van der Waals surface area contributed by atoms with Gasteiger partial charge in [0, 0.05) is 5.41 Å². The molecule has 2 unspecified atom stereocenters. The van der Waals surface area contributed by atoms with Crippen LogP contribution in [0.25, 0.3) is 0 Å². The van der Waals surface area contributed by atoms with Crippen LogP contribution in [0.3, 0.4) is 0 Å². The number of carbonyl (C=O) groups is 1. The largest absolute Gasteiger partial charge is 0.460 e. The van der Waals surface area contributed by atoms with Crippen molar-refractivity contribution in [2.45, 2.75) is 247 Å². The van der Waals surface area contributed by atoms with Crippen molar-refractivity contribution >= 4 is 5.97 Å². The van der Waals surface area contributed by atoms with E-state index >= 15 is 0 Å². The second-order valence-electron chi connectivity index (χ2n) is 22.5. The summed E-state index contributed by atoms with van der Waals surface area (Å²) in [4.78, 5) is 13.3. The fourth-order valence-electron chi connectivity index (χ4n) is 15.1. The lowest BCUT2D eigenvalue weighted by molar-refractivity contribution is -0.250. The van der Waals surface area contributed by atoms with Crippen LogP contribution in [-0.4, -0.2) is 41.3 Å². The molecule has 5 heteroatoms. The fraction of sp³-hybridized carbons (Fsp3) is 0.942. The Morgan fingerprint density at radius 1 is 0.667 bits per heavy atom. The van der Waals surface area contributed by atoms with E-state index in [0.717, 1.165) is 37.5 Å². The Labute approximate surface area is 352 Å². The summed E-state index contributed by atoms with van der Waals surface area (Å²) < 4.78 is 11.8. The van der Waals surface area contributed by atoms with E-state index in [4.69, 9.17) is 9.47 Å². The molecule has 5 aliphatic rings. The van der Waals surface area contributed by atoms with Crippen LogP contribution in [0, 0.1) is 56.7 Å². The topological polar surface area (TPSA) is 76.0 Å². The smallest absolute Gasteiger partial charge is 0.337 e. The standard InChI is InChI=1S/C52H92O5/c1-10-11-12-13-14-15-16-17-18-19-20-21-22-23-24-25-26-45(54)56-37-41(53)47(55)57-44-31-33-50(7)42(48(44,4)5)30-34-52(9)43(50)28-27-40-46-39(38(2)3)29-32-49(46,6)35-36-51(40,52)8/h39-46,53-54H,2,10-37H2,1,3-9H3/t39-,40+,41?,42-,43+,44-,45?,46+,49+,50-,51+,52+/m0/s1. The molecule has 0 bridgehead atoms. The Morgan fingerprint density at radius 2 is 1.25 bits per heavy atom. The molecule has 57 heavy (non-hydrogen) atoms. The summed E-state index contributed by atoms with van der Waals surface area (Å²) in [5.41, 5.74) is 2.57. The SMILES string of the molecule is C=C(C)[C@@H]1CC[C@]2(C)CC[C@]3(C)[C@H](CC[C@@H]4[C@@]5(C)CC[C@H](OC(=O)C(O)COC(O)CCCCCCCCCCCCCCCCCC)C(C)(C)[C@@H]5CC[C@]43C)[C@@H]12. The van der Waals surface area contributed by atoms with Crippen molar-refractivity contribution in [2.24, 2.45) is 56.7 Å². The Hall–Kier alpha value is -0.910. The summed E-state index contributed by atoms with van der Waals surface area (Å²) in [5.74, 6) is 2.78. The van der Waals surface area contributed by atoms with Gasteiger partial charge < -0.3 is 19.7 Å². The monoisotopic (exact) mass is 797 g/mol. The van der Waals surface area contributed by atoms with Crippen LogP contribution in [0.15, 0.2) is 12.2 Å². The van der Waals surface area contributed by atoms with Gasteiger partial charge in [-0.25, -0.2) is 4.79 Å². The molecule has 0 aromatic rings. The Balaban J connectivity index is 1.00. The van der Waals surface area contributed by atoms with Gasteiger partial charge in [0.15, 0.2) is 12.4 Å². The maximum atomic E-state index is 13.3. The van der Waals surface area contributed by atoms with E-state index in [9.17, 15) is 15.0 Å². The zero-order chi connectivity index (χ0) is 41.5. The molecule has 0 spiro atoms. The lowest BCUT2D eigenvalue weighted by atomic mass is 9.32. The molecule has 0 radical (unpaired) electrons. The van der Waals surface area contributed by atoms with Crippen molar-refractivity contribution in [3.8, 4) is 0 Å². The van der Waals surface area contributed by atoms with E-state index in [1.165, 1.54) is 147 Å². The number of ether oxygens (including phenoxy) is 2. The number of fused-ring (bicyclic) bond motifs is 7. The van der Waals surface area contributed by atoms with Crippen LogP contribution < -0.4 is 0 Å². The van der Waals surface area contributed by atoms with Gasteiger partial charge >= 0.3 is 5.97 Å². The molecular weight excluding hydrogens is 705 g/mol. The highest BCUT2D eigenvalue weighted by atomic mass is 16.6. The van der Waals surface area contributed by atoms with Crippen LogP contribution >= 0.6 is 0 Å². The molecule has 2 N–H and O–H groups in total. The van der Waals surface area contributed by atoms with Gasteiger partial charge in [-0.2, -0.15) is 0 Å². The van der Waals surface area contributed by atoms with Gasteiger partial charge in [0.25, 0.3) is 0 Å². The number of hydrogen-bond donors (Lipinski definition) is 2. The van der Waals surface area contributed by atoms with E-state index in [0.29, 0.717) is 40.4 Å². The summed E-state index contributed by atoms with van der Waals surface area (Å²) in [7, 11) is 0. The van der Waals surface area contributed by atoms with Crippen LogP contribution in [0.5, 0.6) is 0 Å². The first-order chi connectivity index (χ1) is 27.0.